The number of imidazole rings is 1. The van der Waals surface area contributed by atoms with Gasteiger partial charge in [-0.1, -0.05) is 48.5 Å². The molecule has 5 aromatic rings. The maximum Gasteiger partial charge on any atom is 0.327 e. The number of amides is 2. The van der Waals surface area contributed by atoms with E-state index in [2.05, 4.69) is 15.3 Å². The lowest BCUT2D eigenvalue weighted by atomic mass is 10.0. The topological polar surface area (TPSA) is 105 Å². The number of urea groups is 1. The number of rotatable bonds is 4. The van der Waals surface area contributed by atoms with Crippen molar-refractivity contribution in [2.24, 2.45) is 0 Å². The number of hydrogen-bond donors (Lipinski definition) is 2. The van der Waals surface area contributed by atoms with Gasteiger partial charge in [-0.25, -0.2) is 14.6 Å². The molecule has 0 spiro atoms. The normalized spacial score (nSPS) is 14.1. The second-order valence-corrected chi connectivity index (χ2v) is 9.34. The van der Waals surface area contributed by atoms with E-state index in [1.807, 2.05) is 66.7 Å². The van der Waals surface area contributed by atoms with Gasteiger partial charge in [0, 0.05) is 42.8 Å². The smallest absolute Gasteiger partial charge is 0.324 e. The Balaban J connectivity index is 1.25. The Morgan fingerprint density at radius 3 is 2.34 bits per heavy atom. The Morgan fingerprint density at radius 2 is 1.61 bits per heavy atom. The van der Waals surface area contributed by atoms with Gasteiger partial charge in [-0.2, -0.15) is 0 Å². The summed E-state index contributed by atoms with van der Waals surface area (Å²) in [5.74, 6) is 0. The molecular weight excluding hydrogens is 480 g/mol. The SMILES string of the molecule is O=C(Nc1cc(-c2ccccc2)cn(-c2ccccc2)c1=O)N1CCC(n2c(=O)[nH]c3ncccc32)CC1. The average Bonchev–Trinajstić information content (AvgIpc) is 3.30. The predicted molar refractivity (Wildman–Crippen MR) is 147 cm³/mol. The molecule has 2 N–H and O–H groups in total. The number of carbonyl (C=O) groups is 1. The van der Waals surface area contributed by atoms with Gasteiger partial charge in [-0.15, -0.1) is 0 Å². The molecule has 0 unspecified atom stereocenters. The molecule has 1 aliphatic heterocycles. The van der Waals surface area contributed by atoms with Crippen molar-refractivity contribution in [2.75, 3.05) is 18.4 Å². The monoisotopic (exact) mass is 506 g/mol. The Bertz CT molecular complexity index is 1710. The molecule has 6 rings (SSSR count). The quantitative estimate of drug-likeness (QED) is 0.377. The van der Waals surface area contributed by atoms with E-state index in [4.69, 9.17) is 0 Å². The van der Waals surface area contributed by atoms with Crippen LogP contribution in [0, 0.1) is 0 Å². The number of carbonyl (C=O) groups excluding carboxylic acids is 1. The second-order valence-electron chi connectivity index (χ2n) is 9.34. The van der Waals surface area contributed by atoms with Crippen LogP contribution in [0.3, 0.4) is 0 Å². The van der Waals surface area contributed by atoms with Gasteiger partial charge in [0.2, 0.25) is 0 Å². The highest BCUT2D eigenvalue weighted by molar-refractivity contribution is 5.90. The molecule has 190 valence electrons. The molecule has 1 saturated heterocycles. The van der Waals surface area contributed by atoms with Crippen LogP contribution in [-0.2, 0) is 0 Å². The lowest BCUT2D eigenvalue weighted by molar-refractivity contribution is 0.184. The fourth-order valence-corrected chi connectivity index (χ4v) is 5.08. The van der Waals surface area contributed by atoms with Crippen molar-refractivity contribution in [3.05, 3.63) is 112 Å². The van der Waals surface area contributed by atoms with Crippen molar-refractivity contribution in [3.8, 4) is 16.8 Å². The van der Waals surface area contributed by atoms with Gasteiger partial charge in [0.15, 0.2) is 5.65 Å². The first-order valence-corrected chi connectivity index (χ1v) is 12.6. The highest BCUT2D eigenvalue weighted by Gasteiger charge is 2.27. The van der Waals surface area contributed by atoms with E-state index in [0.29, 0.717) is 37.3 Å². The van der Waals surface area contributed by atoms with Crippen molar-refractivity contribution in [1.29, 1.82) is 0 Å². The molecule has 9 nitrogen and oxygen atoms in total. The number of hydrogen-bond acceptors (Lipinski definition) is 4. The molecule has 2 aromatic carbocycles. The van der Waals surface area contributed by atoms with Crippen molar-refractivity contribution in [1.82, 2.24) is 24.0 Å². The standard InChI is InChI=1S/C29H26N6O3/c36-27-24(18-21(20-8-3-1-4-9-20)19-34(27)22-10-5-2-6-11-22)31-28(37)33-16-13-23(14-17-33)35-25-12-7-15-30-26(25)32-29(35)38/h1-12,15,18-19,23H,13-14,16-17H2,(H,31,37)(H,30,32,38). The van der Waals surface area contributed by atoms with E-state index in [0.717, 1.165) is 16.6 Å². The summed E-state index contributed by atoms with van der Waals surface area (Å²) < 4.78 is 3.29. The maximum atomic E-state index is 13.4. The molecule has 3 aromatic heterocycles. The zero-order valence-corrected chi connectivity index (χ0v) is 20.6. The number of H-pyrrole nitrogens is 1. The molecule has 2 amide bonds. The van der Waals surface area contributed by atoms with Crippen LogP contribution in [0.15, 0.2) is 101 Å². The summed E-state index contributed by atoms with van der Waals surface area (Å²) in [5.41, 5.74) is 3.50. The van der Waals surface area contributed by atoms with Crippen LogP contribution in [0.4, 0.5) is 10.5 Å². The van der Waals surface area contributed by atoms with E-state index in [-0.39, 0.29) is 29.0 Å². The van der Waals surface area contributed by atoms with E-state index in [1.165, 1.54) is 0 Å². The van der Waals surface area contributed by atoms with Gasteiger partial charge < -0.3 is 10.2 Å². The molecule has 0 radical (unpaired) electrons. The minimum absolute atomic E-state index is 0.0405. The summed E-state index contributed by atoms with van der Waals surface area (Å²) >= 11 is 0. The largest absolute Gasteiger partial charge is 0.327 e. The molecule has 0 atom stereocenters. The molecule has 4 heterocycles. The van der Waals surface area contributed by atoms with Crippen LogP contribution in [0.2, 0.25) is 0 Å². The van der Waals surface area contributed by atoms with Crippen LogP contribution in [0.5, 0.6) is 0 Å². The zero-order chi connectivity index (χ0) is 26.1. The molecule has 1 aliphatic rings. The molecule has 1 fully saturated rings. The Hall–Kier alpha value is -4.92. The summed E-state index contributed by atoms with van der Waals surface area (Å²) in [4.78, 5) is 48.0. The summed E-state index contributed by atoms with van der Waals surface area (Å²) in [5, 5.41) is 2.86. The number of nitrogens with zero attached hydrogens (tertiary/aromatic N) is 4. The molecule has 9 heteroatoms. The van der Waals surface area contributed by atoms with Crippen LogP contribution >= 0.6 is 0 Å². The average molecular weight is 507 g/mol. The Morgan fingerprint density at radius 1 is 0.895 bits per heavy atom. The summed E-state index contributed by atoms with van der Waals surface area (Å²) in [6, 6.07) is 24.1. The van der Waals surface area contributed by atoms with Crippen LogP contribution in [-0.4, -0.2) is 43.1 Å². The third-order valence-corrected chi connectivity index (χ3v) is 7.01. The van der Waals surface area contributed by atoms with Crippen molar-refractivity contribution in [3.63, 3.8) is 0 Å². The van der Waals surface area contributed by atoms with Gasteiger partial charge in [0.1, 0.15) is 5.69 Å². The number of anilines is 1. The number of aromatic nitrogens is 4. The first-order chi connectivity index (χ1) is 18.6. The summed E-state index contributed by atoms with van der Waals surface area (Å²) in [6.45, 7) is 0.919. The molecule has 0 saturated carbocycles. The highest BCUT2D eigenvalue weighted by atomic mass is 16.2. The lowest BCUT2D eigenvalue weighted by Gasteiger charge is -2.32. The van der Waals surface area contributed by atoms with E-state index in [1.54, 1.807) is 38.6 Å². The third-order valence-electron chi connectivity index (χ3n) is 7.01. The summed E-state index contributed by atoms with van der Waals surface area (Å²) in [7, 11) is 0. The minimum Gasteiger partial charge on any atom is -0.324 e. The first-order valence-electron chi connectivity index (χ1n) is 12.6. The van der Waals surface area contributed by atoms with Crippen molar-refractivity contribution < 1.29 is 4.79 Å². The van der Waals surface area contributed by atoms with Crippen LogP contribution in [0.1, 0.15) is 18.9 Å². The first kappa shape index (κ1) is 23.5. The number of benzene rings is 2. The Labute approximate surface area is 218 Å². The van der Waals surface area contributed by atoms with Gasteiger partial charge in [0.25, 0.3) is 5.56 Å². The summed E-state index contributed by atoms with van der Waals surface area (Å²) in [6.07, 6.45) is 4.68. The van der Waals surface area contributed by atoms with Crippen LogP contribution < -0.4 is 16.6 Å². The fraction of sp³-hybridized carbons (Fsp3) is 0.172. The van der Waals surface area contributed by atoms with Gasteiger partial charge in [0.05, 0.1) is 5.52 Å². The number of pyridine rings is 2. The zero-order valence-electron chi connectivity index (χ0n) is 20.6. The minimum atomic E-state index is -0.335. The van der Waals surface area contributed by atoms with E-state index >= 15 is 0 Å². The molecule has 0 aliphatic carbocycles. The number of para-hydroxylation sites is 1. The number of piperidine rings is 1. The van der Waals surface area contributed by atoms with Crippen molar-refractivity contribution >= 4 is 22.9 Å². The van der Waals surface area contributed by atoms with E-state index < -0.39 is 0 Å². The van der Waals surface area contributed by atoms with Crippen molar-refractivity contribution in [2.45, 2.75) is 18.9 Å². The van der Waals surface area contributed by atoms with E-state index in [9.17, 15) is 14.4 Å². The number of aromatic amines is 1. The molecule has 38 heavy (non-hydrogen) atoms. The lowest BCUT2D eigenvalue weighted by Crippen LogP contribution is -2.43. The number of fused-ring (bicyclic) bond motifs is 1. The fourth-order valence-electron chi connectivity index (χ4n) is 5.08. The van der Waals surface area contributed by atoms with Gasteiger partial charge >= 0.3 is 11.7 Å². The van der Waals surface area contributed by atoms with Crippen LogP contribution in [0.25, 0.3) is 28.0 Å². The maximum absolute atomic E-state index is 13.4. The van der Waals surface area contributed by atoms with Gasteiger partial charge in [-0.05, 0) is 48.7 Å². The third kappa shape index (κ3) is 4.39. The van der Waals surface area contributed by atoms with Gasteiger partial charge in [-0.3, -0.25) is 18.9 Å². The number of nitrogens with one attached hydrogen (secondary N) is 2. The highest BCUT2D eigenvalue weighted by Crippen LogP contribution is 2.26. The number of likely N-dealkylation sites (tertiary alicyclic amines) is 1. The second kappa shape index (κ2) is 9.85. The Kier molecular flexibility index (Phi) is 6.09. The predicted octanol–water partition coefficient (Wildman–Crippen LogP) is 4.41. The molecular formula is C29H26N6O3. The molecule has 0 bridgehead atoms.